The molecule has 1 aliphatic heterocycles. The minimum absolute atomic E-state index is 0.289. The summed E-state index contributed by atoms with van der Waals surface area (Å²) < 4.78 is 18.4. The molecule has 0 saturated heterocycles. The van der Waals surface area contributed by atoms with Crippen molar-refractivity contribution in [2.75, 3.05) is 6.61 Å². The fraction of sp³-hybridized carbons (Fsp3) is 0.250. The number of pyridine rings is 1. The molecule has 2 aromatic rings. The average molecular weight is 238 g/mol. The van der Waals surface area contributed by atoms with Crippen LogP contribution in [0.5, 0.6) is 0 Å². The maximum Gasteiger partial charge on any atom is 0.125 e. The van der Waals surface area contributed by atoms with E-state index >= 15 is 0 Å². The van der Waals surface area contributed by atoms with Crippen molar-refractivity contribution in [1.29, 1.82) is 0 Å². The van der Waals surface area contributed by atoms with Gasteiger partial charge in [-0.3, -0.25) is 4.98 Å². The van der Waals surface area contributed by atoms with Crippen molar-refractivity contribution in [3.63, 3.8) is 0 Å². The van der Waals surface area contributed by atoms with E-state index in [1.54, 1.807) is 6.07 Å². The second kappa shape index (κ2) is 3.68. The summed E-state index contributed by atoms with van der Waals surface area (Å²) in [5.74, 6) is -0.289. The fourth-order valence-electron chi connectivity index (χ4n) is 1.98. The van der Waals surface area contributed by atoms with Crippen LogP contribution < -0.4 is 0 Å². The number of aromatic nitrogens is 1. The first-order chi connectivity index (χ1) is 7.75. The van der Waals surface area contributed by atoms with Crippen LogP contribution in [0.2, 0.25) is 5.02 Å². The van der Waals surface area contributed by atoms with E-state index < -0.39 is 0 Å². The summed E-state index contributed by atoms with van der Waals surface area (Å²) in [5.41, 5.74) is 2.48. The van der Waals surface area contributed by atoms with Gasteiger partial charge in [-0.1, -0.05) is 11.6 Å². The van der Waals surface area contributed by atoms with Crippen LogP contribution in [0.3, 0.4) is 0 Å². The van der Waals surface area contributed by atoms with Crippen molar-refractivity contribution in [2.45, 2.75) is 13.0 Å². The highest BCUT2D eigenvalue weighted by molar-refractivity contribution is 6.36. The number of halogens is 2. The Labute approximate surface area is 97.0 Å². The van der Waals surface area contributed by atoms with Gasteiger partial charge in [-0.25, -0.2) is 4.39 Å². The Morgan fingerprint density at radius 2 is 2.25 bits per heavy atom. The highest BCUT2D eigenvalue weighted by atomic mass is 35.5. The van der Waals surface area contributed by atoms with Gasteiger partial charge in [0, 0.05) is 23.4 Å². The lowest BCUT2D eigenvalue weighted by atomic mass is 10.1. The first-order valence-electron chi connectivity index (χ1n) is 5.10. The van der Waals surface area contributed by atoms with Gasteiger partial charge in [0.1, 0.15) is 5.82 Å². The van der Waals surface area contributed by atoms with Crippen molar-refractivity contribution in [2.24, 2.45) is 0 Å². The van der Waals surface area contributed by atoms with E-state index in [1.807, 2.05) is 0 Å². The highest BCUT2D eigenvalue weighted by Gasteiger charge is 2.17. The molecule has 0 spiro atoms. The van der Waals surface area contributed by atoms with E-state index in [1.165, 1.54) is 12.1 Å². The van der Waals surface area contributed by atoms with E-state index in [-0.39, 0.29) is 5.82 Å². The van der Waals surface area contributed by atoms with Crippen molar-refractivity contribution in [3.05, 3.63) is 40.3 Å². The third-order valence-corrected chi connectivity index (χ3v) is 3.23. The second-order valence-electron chi connectivity index (χ2n) is 3.82. The molecule has 2 heterocycles. The zero-order valence-corrected chi connectivity index (χ0v) is 9.22. The number of fused-ring (bicyclic) bond motifs is 2. The molecule has 0 fully saturated rings. The fourth-order valence-corrected chi connectivity index (χ4v) is 2.30. The average Bonchev–Trinajstić information content (AvgIpc) is 2.29. The maximum atomic E-state index is 13.1. The molecule has 1 aromatic heterocycles. The number of hydrogen-bond donors (Lipinski definition) is 0. The molecule has 16 heavy (non-hydrogen) atoms. The van der Waals surface area contributed by atoms with Crippen LogP contribution in [0.4, 0.5) is 4.39 Å². The van der Waals surface area contributed by atoms with E-state index in [2.05, 4.69) is 4.98 Å². The SMILES string of the molecule is Fc1ccc2c(Cl)c3c(nc2c1)CCOC3. The van der Waals surface area contributed by atoms with Crippen molar-refractivity contribution in [1.82, 2.24) is 4.98 Å². The molecule has 3 rings (SSSR count). The van der Waals surface area contributed by atoms with Gasteiger partial charge in [-0.05, 0) is 12.1 Å². The quantitative estimate of drug-likeness (QED) is 0.703. The molecule has 0 unspecified atom stereocenters. The summed E-state index contributed by atoms with van der Waals surface area (Å²) in [4.78, 5) is 4.43. The van der Waals surface area contributed by atoms with Crippen LogP contribution in [0.15, 0.2) is 18.2 Å². The lowest BCUT2D eigenvalue weighted by molar-refractivity contribution is 0.109. The van der Waals surface area contributed by atoms with Crippen LogP contribution in [0.25, 0.3) is 10.9 Å². The Morgan fingerprint density at radius 3 is 3.12 bits per heavy atom. The molecule has 0 radical (unpaired) electrons. The second-order valence-corrected chi connectivity index (χ2v) is 4.19. The van der Waals surface area contributed by atoms with Crippen molar-refractivity contribution in [3.8, 4) is 0 Å². The number of rotatable bonds is 0. The van der Waals surface area contributed by atoms with Crippen LogP contribution in [0.1, 0.15) is 11.3 Å². The van der Waals surface area contributed by atoms with E-state index in [9.17, 15) is 4.39 Å². The summed E-state index contributed by atoms with van der Waals surface area (Å²) >= 11 is 6.27. The normalized spacial score (nSPS) is 15.1. The minimum Gasteiger partial charge on any atom is -0.376 e. The molecule has 0 saturated carbocycles. The smallest absolute Gasteiger partial charge is 0.125 e. The third-order valence-electron chi connectivity index (χ3n) is 2.79. The van der Waals surface area contributed by atoms with Gasteiger partial charge < -0.3 is 4.74 Å². The molecule has 0 amide bonds. The number of benzene rings is 1. The summed E-state index contributed by atoms with van der Waals surface area (Å²) in [6, 6.07) is 4.47. The van der Waals surface area contributed by atoms with Crippen LogP contribution >= 0.6 is 11.6 Å². The van der Waals surface area contributed by atoms with Gasteiger partial charge >= 0.3 is 0 Å². The van der Waals surface area contributed by atoms with Crippen LogP contribution in [-0.4, -0.2) is 11.6 Å². The predicted molar refractivity (Wildman–Crippen MR) is 60.1 cm³/mol. The lowest BCUT2D eigenvalue weighted by Gasteiger charge is -2.18. The predicted octanol–water partition coefficient (Wildman–Crippen LogP) is 3.10. The van der Waals surface area contributed by atoms with E-state index in [0.717, 1.165) is 23.1 Å². The zero-order chi connectivity index (χ0) is 11.1. The summed E-state index contributed by atoms with van der Waals surface area (Å²) in [5, 5.41) is 1.42. The molecule has 82 valence electrons. The first-order valence-corrected chi connectivity index (χ1v) is 5.48. The lowest BCUT2D eigenvalue weighted by Crippen LogP contribution is -2.12. The standard InChI is InChI=1S/C12H9ClFNO/c13-12-8-2-1-7(14)5-11(8)15-10-3-4-16-6-9(10)12/h1-2,5H,3-4,6H2. The van der Waals surface area contributed by atoms with Crippen LogP contribution in [-0.2, 0) is 17.8 Å². The Hall–Kier alpha value is -1.19. The molecule has 1 aliphatic rings. The summed E-state index contributed by atoms with van der Waals surface area (Å²) in [6.45, 7) is 1.14. The van der Waals surface area contributed by atoms with Gasteiger partial charge in [-0.15, -0.1) is 0 Å². The van der Waals surface area contributed by atoms with Crippen molar-refractivity contribution < 1.29 is 9.13 Å². The minimum atomic E-state index is -0.289. The molecule has 2 nitrogen and oxygen atoms in total. The van der Waals surface area contributed by atoms with E-state index in [4.69, 9.17) is 16.3 Å². The largest absolute Gasteiger partial charge is 0.376 e. The summed E-state index contributed by atoms with van der Waals surface area (Å²) in [7, 11) is 0. The topological polar surface area (TPSA) is 22.1 Å². The van der Waals surface area contributed by atoms with Crippen molar-refractivity contribution >= 4 is 22.5 Å². The summed E-state index contributed by atoms with van der Waals surface area (Å²) in [6.07, 6.45) is 0.738. The molecule has 0 N–H and O–H groups in total. The molecular formula is C12H9ClFNO. The highest BCUT2D eigenvalue weighted by Crippen LogP contribution is 2.31. The molecule has 4 heteroatoms. The third kappa shape index (κ3) is 1.47. The van der Waals surface area contributed by atoms with Gasteiger partial charge in [-0.2, -0.15) is 0 Å². The molecule has 1 aromatic carbocycles. The zero-order valence-electron chi connectivity index (χ0n) is 8.46. The first kappa shape index (κ1) is 10.00. The molecule has 0 aliphatic carbocycles. The maximum absolute atomic E-state index is 13.1. The molecule has 0 atom stereocenters. The van der Waals surface area contributed by atoms with E-state index in [0.29, 0.717) is 23.8 Å². The Kier molecular flexibility index (Phi) is 2.30. The van der Waals surface area contributed by atoms with Gasteiger partial charge in [0.05, 0.1) is 29.4 Å². The molecular weight excluding hydrogens is 229 g/mol. The number of hydrogen-bond acceptors (Lipinski definition) is 2. The van der Waals surface area contributed by atoms with Crippen LogP contribution in [0, 0.1) is 5.82 Å². The molecule has 0 bridgehead atoms. The van der Waals surface area contributed by atoms with Gasteiger partial charge in [0.2, 0.25) is 0 Å². The van der Waals surface area contributed by atoms with Gasteiger partial charge in [0.15, 0.2) is 0 Å². The Balaban J connectivity index is 2.34. The number of nitrogens with zero attached hydrogens (tertiary/aromatic N) is 1. The monoisotopic (exact) mass is 237 g/mol. The number of ether oxygens (including phenoxy) is 1. The van der Waals surface area contributed by atoms with Gasteiger partial charge in [0.25, 0.3) is 0 Å². The Bertz CT molecular complexity index is 570. The Morgan fingerprint density at radius 1 is 1.38 bits per heavy atom.